The zero-order valence-corrected chi connectivity index (χ0v) is 16.9. The highest BCUT2D eigenvalue weighted by molar-refractivity contribution is 5.96. The van der Waals surface area contributed by atoms with Crippen molar-refractivity contribution >= 4 is 22.3 Å². The highest BCUT2D eigenvalue weighted by atomic mass is 16.6. The molecule has 0 aliphatic rings. The lowest BCUT2D eigenvalue weighted by atomic mass is 10.0. The fourth-order valence-electron chi connectivity index (χ4n) is 3.56. The Hall–Kier alpha value is -3.94. The van der Waals surface area contributed by atoms with Crippen LogP contribution in [0.4, 0.5) is 11.4 Å². The standard InChI is InChI=1S/C22H21N5O3/c1-14-12-18(17-8-5-9-19(27(28)29)21(17)24-14)25-20(22-23-10-11-26(22)2)15-6-4-7-16(13-15)30-3/h4-13,20H,1-3H3,(H,24,25). The Balaban J connectivity index is 1.88. The quantitative estimate of drug-likeness (QED) is 0.379. The first-order chi connectivity index (χ1) is 14.5. The van der Waals surface area contributed by atoms with E-state index in [1.54, 1.807) is 19.4 Å². The molecule has 0 amide bonds. The smallest absolute Gasteiger partial charge is 0.295 e. The predicted molar refractivity (Wildman–Crippen MR) is 115 cm³/mol. The number of nitrogens with one attached hydrogen (secondary N) is 1. The summed E-state index contributed by atoms with van der Waals surface area (Å²) >= 11 is 0. The fraction of sp³-hybridized carbons (Fsp3) is 0.182. The number of nitro benzene ring substituents is 1. The number of nitrogens with zero attached hydrogens (tertiary/aromatic N) is 4. The summed E-state index contributed by atoms with van der Waals surface area (Å²) in [5.41, 5.74) is 2.72. The average Bonchev–Trinajstić information content (AvgIpc) is 3.16. The minimum Gasteiger partial charge on any atom is -0.497 e. The van der Waals surface area contributed by atoms with Crippen LogP contribution >= 0.6 is 0 Å². The zero-order chi connectivity index (χ0) is 21.3. The number of rotatable bonds is 6. The molecule has 152 valence electrons. The fourth-order valence-corrected chi connectivity index (χ4v) is 3.56. The Kier molecular flexibility index (Phi) is 5.05. The normalized spacial score (nSPS) is 12.0. The molecule has 30 heavy (non-hydrogen) atoms. The molecule has 4 rings (SSSR count). The van der Waals surface area contributed by atoms with E-state index in [-0.39, 0.29) is 11.7 Å². The first kappa shape index (κ1) is 19.4. The van der Waals surface area contributed by atoms with E-state index < -0.39 is 4.92 Å². The van der Waals surface area contributed by atoms with Gasteiger partial charge in [-0.1, -0.05) is 24.3 Å². The highest BCUT2D eigenvalue weighted by Gasteiger charge is 2.22. The average molecular weight is 403 g/mol. The first-order valence-corrected chi connectivity index (χ1v) is 9.40. The second-order valence-electron chi connectivity index (χ2n) is 6.99. The van der Waals surface area contributed by atoms with Gasteiger partial charge in [0.25, 0.3) is 5.69 Å². The molecule has 1 atom stereocenters. The van der Waals surface area contributed by atoms with E-state index in [0.717, 1.165) is 22.8 Å². The lowest BCUT2D eigenvalue weighted by molar-refractivity contribution is -0.383. The van der Waals surface area contributed by atoms with Crippen molar-refractivity contribution in [2.24, 2.45) is 7.05 Å². The molecule has 4 aromatic rings. The Morgan fingerprint density at radius 3 is 2.70 bits per heavy atom. The van der Waals surface area contributed by atoms with Crippen LogP contribution in [-0.2, 0) is 7.05 Å². The monoisotopic (exact) mass is 403 g/mol. The second kappa shape index (κ2) is 7.82. The molecular formula is C22H21N5O3. The lowest BCUT2D eigenvalue weighted by Gasteiger charge is -2.22. The van der Waals surface area contributed by atoms with E-state index in [1.807, 2.05) is 61.1 Å². The summed E-state index contributed by atoms with van der Waals surface area (Å²) in [5, 5.41) is 15.7. The van der Waals surface area contributed by atoms with Crippen molar-refractivity contribution in [2.75, 3.05) is 12.4 Å². The van der Waals surface area contributed by atoms with Crippen molar-refractivity contribution < 1.29 is 9.66 Å². The molecule has 8 nitrogen and oxygen atoms in total. The maximum absolute atomic E-state index is 11.5. The Morgan fingerprint density at radius 2 is 2.00 bits per heavy atom. The van der Waals surface area contributed by atoms with Gasteiger partial charge in [-0.05, 0) is 30.7 Å². The SMILES string of the molecule is COc1cccc(C(Nc2cc(C)nc3c([N+](=O)[O-])cccc23)c2nccn2C)c1. The molecule has 2 aromatic carbocycles. The predicted octanol–water partition coefficient (Wildman–Crippen LogP) is 4.40. The van der Waals surface area contributed by atoms with Crippen LogP contribution in [0.3, 0.4) is 0 Å². The number of para-hydroxylation sites is 1. The minimum atomic E-state index is -0.406. The van der Waals surface area contributed by atoms with E-state index >= 15 is 0 Å². The summed E-state index contributed by atoms with van der Waals surface area (Å²) in [7, 11) is 3.55. The van der Waals surface area contributed by atoms with Crippen LogP contribution in [0.15, 0.2) is 60.9 Å². The summed E-state index contributed by atoms with van der Waals surface area (Å²) < 4.78 is 7.33. The van der Waals surface area contributed by atoms with Gasteiger partial charge >= 0.3 is 0 Å². The number of imidazole rings is 1. The number of hydrogen-bond acceptors (Lipinski definition) is 6. The number of aryl methyl sites for hydroxylation is 2. The number of benzene rings is 2. The minimum absolute atomic E-state index is 0.0193. The topological polar surface area (TPSA) is 95.1 Å². The van der Waals surface area contributed by atoms with E-state index in [4.69, 9.17) is 4.74 Å². The third-order valence-electron chi connectivity index (χ3n) is 4.99. The largest absolute Gasteiger partial charge is 0.497 e. The van der Waals surface area contributed by atoms with Gasteiger partial charge in [-0.3, -0.25) is 10.1 Å². The van der Waals surface area contributed by atoms with Gasteiger partial charge in [0.1, 0.15) is 17.6 Å². The van der Waals surface area contributed by atoms with Crippen LogP contribution in [0.1, 0.15) is 23.1 Å². The summed E-state index contributed by atoms with van der Waals surface area (Å²) in [4.78, 5) is 20.0. The van der Waals surface area contributed by atoms with Gasteiger partial charge in [0.05, 0.1) is 12.0 Å². The number of methoxy groups -OCH3 is 1. The molecule has 1 unspecified atom stereocenters. The Labute approximate surface area is 173 Å². The maximum Gasteiger partial charge on any atom is 0.295 e. The van der Waals surface area contributed by atoms with Crippen molar-refractivity contribution in [3.63, 3.8) is 0 Å². The molecule has 1 N–H and O–H groups in total. The van der Waals surface area contributed by atoms with E-state index in [2.05, 4.69) is 15.3 Å². The van der Waals surface area contributed by atoms with Crippen molar-refractivity contribution in [1.29, 1.82) is 0 Å². The molecule has 8 heteroatoms. The number of fused-ring (bicyclic) bond motifs is 1. The number of nitro groups is 1. The lowest BCUT2D eigenvalue weighted by Crippen LogP contribution is -2.17. The van der Waals surface area contributed by atoms with Gasteiger partial charge in [0.15, 0.2) is 5.52 Å². The van der Waals surface area contributed by atoms with E-state index in [9.17, 15) is 10.1 Å². The second-order valence-corrected chi connectivity index (χ2v) is 6.99. The molecule has 0 saturated carbocycles. The van der Waals surface area contributed by atoms with Crippen LogP contribution in [-0.4, -0.2) is 26.6 Å². The van der Waals surface area contributed by atoms with Gasteiger partial charge in [-0.2, -0.15) is 0 Å². The Morgan fingerprint density at radius 1 is 1.20 bits per heavy atom. The molecule has 0 bridgehead atoms. The zero-order valence-electron chi connectivity index (χ0n) is 16.9. The molecular weight excluding hydrogens is 382 g/mol. The number of non-ortho nitro benzene ring substituents is 1. The van der Waals surface area contributed by atoms with Crippen LogP contribution < -0.4 is 10.1 Å². The maximum atomic E-state index is 11.5. The number of aromatic nitrogens is 3. The first-order valence-electron chi connectivity index (χ1n) is 9.40. The Bertz CT molecular complexity index is 1230. The molecule has 0 radical (unpaired) electrons. The van der Waals surface area contributed by atoms with Gasteiger partial charge < -0.3 is 14.6 Å². The summed E-state index contributed by atoms with van der Waals surface area (Å²) in [6.07, 6.45) is 3.62. The van der Waals surface area contributed by atoms with Gasteiger partial charge in [-0.25, -0.2) is 9.97 Å². The third-order valence-corrected chi connectivity index (χ3v) is 4.99. The van der Waals surface area contributed by atoms with Crippen LogP contribution in [0.25, 0.3) is 10.9 Å². The van der Waals surface area contributed by atoms with Gasteiger partial charge in [0.2, 0.25) is 0 Å². The summed E-state index contributed by atoms with van der Waals surface area (Å²) in [5.74, 6) is 1.54. The van der Waals surface area contributed by atoms with Crippen molar-refractivity contribution in [2.45, 2.75) is 13.0 Å². The van der Waals surface area contributed by atoms with Crippen LogP contribution in [0.5, 0.6) is 5.75 Å². The molecule has 0 aliphatic carbocycles. The van der Waals surface area contributed by atoms with Crippen molar-refractivity contribution in [1.82, 2.24) is 14.5 Å². The number of ether oxygens (including phenoxy) is 1. The number of pyridine rings is 1. The summed E-state index contributed by atoms with van der Waals surface area (Å²) in [6, 6.07) is 14.3. The molecule has 0 fully saturated rings. The molecule has 2 aromatic heterocycles. The molecule has 0 spiro atoms. The highest BCUT2D eigenvalue weighted by Crippen LogP contribution is 2.34. The molecule has 2 heterocycles. The van der Waals surface area contributed by atoms with Gasteiger partial charge in [0, 0.05) is 42.3 Å². The third kappa shape index (κ3) is 3.55. The van der Waals surface area contributed by atoms with E-state index in [1.165, 1.54) is 6.07 Å². The number of anilines is 1. The number of hydrogen-bond donors (Lipinski definition) is 1. The van der Waals surface area contributed by atoms with Crippen LogP contribution in [0, 0.1) is 17.0 Å². The summed E-state index contributed by atoms with van der Waals surface area (Å²) in [6.45, 7) is 1.82. The van der Waals surface area contributed by atoms with Crippen LogP contribution in [0.2, 0.25) is 0 Å². The van der Waals surface area contributed by atoms with Gasteiger partial charge in [-0.15, -0.1) is 0 Å². The van der Waals surface area contributed by atoms with Crippen molar-refractivity contribution in [3.8, 4) is 5.75 Å². The molecule has 0 aliphatic heterocycles. The molecule has 0 saturated heterocycles. The van der Waals surface area contributed by atoms with Crippen molar-refractivity contribution in [3.05, 3.63) is 88.1 Å². The van der Waals surface area contributed by atoms with E-state index in [0.29, 0.717) is 16.6 Å².